The van der Waals surface area contributed by atoms with E-state index in [9.17, 15) is 0 Å². The molecule has 0 aromatic carbocycles. The highest BCUT2D eigenvalue weighted by Gasteiger charge is 2.16. The molecular weight excluding hydrogens is 225 g/mol. The van der Waals surface area contributed by atoms with E-state index in [2.05, 4.69) is 11.5 Å². The summed E-state index contributed by atoms with van der Waals surface area (Å²) in [6, 6.07) is 0. The van der Waals surface area contributed by atoms with Gasteiger partial charge in [-0.1, -0.05) is 41.0 Å². The van der Waals surface area contributed by atoms with Gasteiger partial charge in [-0.05, 0) is 0 Å². The standard InChI is InChI=1S/C9H11Cl2NS/c1-2-3-12-6-8(4-10)13-9(5-11)7-12/h2,4-5H,1,3,6-7H2/b8-4+,9-5+. The Bertz CT molecular complexity index is 228. The van der Waals surface area contributed by atoms with E-state index in [0.29, 0.717) is 0 Å². The summed E-state index contributed by atoms with van der Waals surface area (Å²) in [4.78, 5) is 4.48. The quantitative estimate of drug-likeness (QED) is 0.676. The van der Waals surface area contributed by atoms with E-state index in [1.165, 1.54) is 0 Å². The van der Waals surface area contributed by atoms with Crippen LogP contribution < -0.4 is 0 Å². The molecule has 13 heavy (non-hydrogen) atoms. The number of hydrogen-bond donors (Lipinski definition) is 0. The van der Waals surface area contributed by atoms with E-state index >= 15 is 0 Å². The summed E-state index contributed by atoms with van der Waals surface area (Å²) in [6.07, 6.45) is 1.88. The Hall–Kier alpha value is 0.110. The minimum atomic E-state index is 0.864. The lowest BCUT2D eigenvalue weighted by Gasteiger charge is -2.28. The number of nitrogens with zero attached hydrogens (tertiary/aromatic N) is 1. The summed E-state index contributed by atoms with van der Waals surface area (Å²) >= 11 is 13.0. The second-order valence-electron chi connectivity index (χ2n) is 2.71. The van der Waals surface area contributed by atoms with E-state index in [1.54, 1.807) is 22.8 Å². The molecule has 0 atom stereocenters. The van der Waals surface area contributed by atoms with Crippen LogP contribution >= 0.6 is 35.0 Å². The average Bonchev–Trinajstić information content (AvgIpc) is 2.17. The van der Waals surface area contributed by atoms with Crippen molar-refractivity contribution >= 4 is 35.0 Å². The molecule has 1 fully saturated rings. The summed E-state index contributed by atoms with van der Waals surface area (Å²) in [5.74, 6) is 0. The first-order valence-electron chi connectivity index (χ1n) is 3.89. The van der Waals surface area contributed by atoms with Gasteiger partial charge in [-0.15, -0.1) is 6.58 Å². The molecule has 1 heterocycles. The Balaban J connectivity index is 2.65. The van der Waals surface area contributed by atoms with E-state index in [0.717, 1.165) is 29.4 Å². The van der Waals surface area contributed by atoms with Crippen molar-refractivity contribution < 1.29 is 0 Å². The highest BCUT2D eigenvalue weighted by Crippen LogP contribution is 2.32. The maximum absolute atomic E-state index is 5.66. The van der Waals surface area contributed by atoms with Gasteiger partial charge in [0.25, 0.3) is 0 Å². The molecule has 1 rings (SSSR count). The number of hydrogen-bond acceptors (Lipinski definition) is 2. The average molecular weight is 236 g/mol. The third-order valence-corrected chi connectivity index (χ3v) is 3.46. The molecule has 0 aromatic heterocycles. The molecule has 0 bridgehead atoms. The van der Waals surface area contributed by atoms with E-state index in [1.807, 2.05) is 6.08 Å². The normalized spacial score (nSPS) is 25.4. The van der Waals surface area contributed by atoms with Gasteiger partial charge in [0.15, 0.2) is 0 Å². The van der Waals surface area contributed by atoms with Gasteiger partial charge >= 0.3 is 0 Å². The Morgan fingerprint density at radius 1 is 1.31 bits per heavy atom. The van der Waals surface area contributed by atoms with Gasteiger partial charge in [-0.2, -0.15) is 0 Å². The Morgan fingerprint density at radius 2 is 1.85 bits per heavy atom. The molecule has 0 spiro atoms. The van der Waals surface area contributed by atoms with Crippen LogP contribution in [0, 0.1) is 0 Å². The fourth-order valence-corrected chi connectivity index (χ4v) is 2.48. The lowest BCUT2D eigenvalue weighted by atomic mass is 10.4. The van der Waals surface area contributed by atoms with E-state index in [4.69, 9.17) is 23.2 Å². The molecule has 1 aliphatic heterocycles. The second-order valence-corrected chi connectivity index (χ2v) is 4.40. The van der Waals surface area contributed by atoms with Crippen LogP contribution in [0.4, 0.5) is 0 Å². The van der Waals surface area contributed by atoms with Crippen LogP contribution in [0.5, 0.6) is 0 Å². The van der Waals surface area contributed by atoms with Crippen LogP contribution in [-0.4, -0.2) is 24.5 Å². The third-order valence-electron chi connectivity index (χ3n) is 1.65. The van der Waals surface area contributed by atoms with Gasteiger partial charge in [0, 0.05) is 40.5 Å². The van der Waals surface area contributed by atoms with Crippen LogP contribution in [-0.2, 0) is 0 Å². The fourth-order valence-electron chi connectivity index (χ4n) is 1.15. The van der Waals surface area contributed by atoms with Gasteiger partial charge in [0.2, 0.25) is 0 Å². The van der Waals surface area contributed by atoms with E-state index in [-0.39, 0.29) is 0 Å². The zero-order valence-electron chi connectivity index (χ0n) is 7.17. The summed E-state index contributed by atoms with van der Waals surface area (Å²) in [5.41, 5.74) is 3.22. The van der Waals surface area contributed by atoms with Gasteiger partial charge in [-0.25, -0.2) is 0 Å². The van der Waals surface area contributed by atoms with Crippen LogP contribution in [0.1, 0.15) is 0 Å². The summed E-state index contributed by atoms with van der Waals surface area (Å²) in [5, 5.41) is 0. The summed E-state index contributed by atoms with van der Waals surface area (Å²) in [7, 11) is 0. The molecule has 0 unspecified atom stereocenters. The van der Waals surface area contributed by atoms with Crippen molar-refractivity contribution in [3.63, 3.8) is 0 Å². The smallest absolute Gasteiger partial charge is 0.0312 e. The molecule has 1 nitrogen and oxygen atoms in total. The topological polar surface area (TPSA) is 3.24 Å². The Morgan fingerprint density at radius 3 is 2.23 bits per heavy atom. The minimum absolute atomic E-state index is 0.864. The lowest BCUT2D eigenvalue weighted by Crippen LogP contribution is -2.30. The summed E-state index contributed by atoms with van der Waals surface area (Å²) in [6.45, 7) is 6.33. The first-order chi connectivity index (χ1) is 6.30. The predicted molar refractivity (Wildman–Crippen MR) is 62.1 cm³/mol. The molecule has 0 aliphatic carbocycles. The first kappa shape index (κ1) is 11.2. The van der Waals surface area contributed by atoms with Crippen LogP contribution in [0.15, 0.2) is 33.5 Å². The predicted octanol–water partition coefficient (Wildman–Crippen LogP) is 3.38. The fraction of sp³-hybridized carbons (Fsp3) is 0.333. The molecule has 0 amide bonds. The molecule has 0 saturated carbocycles. The van der Waals surface area contributed by atoms with Crippen LogP contribution in [0.2, 0.25) is 0 Å². The number of thioether (sulfide) groups is 1. The maximum Gasteiger partial charge on any atom is 0.0312 e. The van der Waals surface area contributed by atoms with Crippen molar-refractivity contribution in [2.24, 2.45) is 0 Å². The third kappa shape index (κ3) is 3.39. The van der Waals surface area contributed by atoms with Crippen LogP contribution in [0.25, 0.3) is 0 Å². The Kier molecular flexibility index (Phi) is 4.96. The van der Waals surface area contributed by atoms with Crippen molar-refractivity contribution in [2.45, 2.75) is 0 Å². The van der Waals surface area contributed by atoms with Crippen LogP contribution in [0.3, 0.4) is 0 Å². The van der Waals surface area contributed by atoms with Gasteiger partial charge in [-0.3, -0.25) is 4.90 Å². The first-order valence-corrected chi connectivity index (χ1v) is 5.58. The van der Waals surface area contributed by atoms with Crippen molar-refractivity contribution in [3.8, 4) is 0 Å². The maximum atomic E-state index is 5.66. The SMILES string of the molecule is C=CCN1C/C(=C\Cl)S/C(=C/Cl)C1. The minimum Gasteiger partial charge on any atom is -0.290 e. The van der Waals surface area contributed by atoms with Gasteiger partial charge in [0.05, 0.1) is 0 Å². The monoisotopic (exact) mass is 235 g/mol. The number of rotatable bonds is 2. The molecule has 0 aromatic rings. The molecular formula is C9H11Cl2NS. The highest BCUT2D eigenvalue weighted by molar-refractivity contribution is 8.06. The lowest BCUT2D eigenvalue weighted by molar-refractivity contribution is 0.364. The Labute approximate surface area is 93.1 Å². The van der Waals surface area contributed by atoms with Crippen molar-refractivity contribution in [1.29, 1.82) is 0 Å². The van der Waals surface area contributed by atoms with Crippen molar-refractivity contribution in [1.82, 2.24) is 4.90 Å². The molecule has 0 radical (unpaired) electrons. The molecule has 1 saturated heterocycles. The molecule has 72 valence electrons. The molecule has 0 N–H and O–H groups in total. The second kappa shape index (κ2) is 5.76. The van der Waals surface area contributed by atoms with Crippen molar-refractivity contribution in [2.75, 3.05) is 19.6 Å². The van der Waals surface area contributed by atoms with Gasteiger partial charge < -0.3 is 0 Å². The van der Waals surface area contributed by atoms with Crippen molar-refractivity contribution in [3.05, 3.63) is 33.5 Å². The zero-order valence-corrected chi connectivity index (χ0v) is 9.50. The van der Waals surface area contributed by atoms with Gasteiger partial charge in [0.1, 0.15) is 0 Å². The highest BCUT2D eigenvalue weighted by atomic mass is 35.5. The summed E-state index contributed by atoms with van der Waals surface area (Å²) < 4.78 is 0. The number of halogens is 2. The van der Waals surface area contributed by atoms with E-state index < -0.39 is 0 Å². The zero-order chi connectivity index (χ0) is 9.68. The largest absolute Gasteiger partial charge is 0.290 e. The molecule has 4 heteroatoms. The molecule has 1 aliphatic rings.